The van der Waals surface area contributed by atoms with Crippen molar-refractivity contribution in [3.8, 4) is 0 Å². The third kappa shape index (κ3) is 3.33. The molecule has 0 aliphatic carbocycles. The first kappa shape index (κ1) is 18.7. The van der Waals surface area contributed by atoms with E-state index in [1.165, 1.54) is 17.4 Å². The summed E-state index contributed by atoms with van der Waals surface area (Å²) in [5.74, 6) is -0.911. The fourth-order valence-corrected chi connectivity index (χ4v) is 4.17. The van der Waals surface area contributed by atoms with Crippen molar-refractivity contribution in [1.82, 2.24) is 0 Å². The van der Waals surface area contributed by atoms with Gasteiger partial charge in [-0.15, -0.1) is 11.3 Å². The zero-order chi connectivity index (χ0) is 19.8. The van der Waals surface area contributed by atoms with Crippen LogP contribution in [0.2, 0.25) is 10.0 Å². The first-order valence-electron chi connectivity index (χ1n) is 8.41. The average molecular weight is 429 g/mol. The molecule has 3 aromatic rings. The Kier molecular flexibility index (Phi) is 4.98. The highest BCUT2D eigenvalue weighted by Crippen LogP contribution is 2.38. The normalized spacial score (nSPS) is 14.2. The number of amides is 2. The Labute approximate surface area is 176 Å². The van der Waals surface area contributed by atoms with Crippen LogP contribution < -0.4 is 10.2 Å². The molecule has 0 bridgehead atoms. The first-order chi connectivity index (χ1) is 13.5. The topological polar surface area (TPSA) is 49.4 Å². The molecule has 0 saturated heterocycles. The highest BCUT2D eigenvalue weighted by molar-refractivity contribution is 7.11. The predicted octanol–water partition coefficient (Wildman–Crippen LogP) is 5.76. The van der Waals surface area contributed by atoms with Gasteiger partial charge in [-0.2, -0.15) is 0 Å². The quantitative estimate of drug-likeness (QED) is 0.537. The van der Waals surface area contributed by atoms with Gasteiger partial charge in [0.25, 0.3) is 11.8 Å². The number of hydrogen-bond acceptors (Lipinski definition) is 4. The standard InChI is InChI=1S/C21H14Cl2N2O2S/c1-12-4-2-5-14(10-12)24-19-18(17-6-3-9-28-17)20(26)25(21(19)27)16-11-13(22)7-8-15(16)23/h2-11,24H,1H3. The van der Waals surface area contributed by atoms with Crippen molar-refractivity contribution in [3.63, 3.8) is 0 Å². The summed E-state index contributed by atoms with van der Waals surface area (Å²) in [6.07, 6.45) is 0. The van der Waals surface area contributed by atoms with Gasteiger partial charge in [0, 0.05) is 15.6 Å². The van der Waals surface area contributed by atoms with Crippen LogP contribution in [0.1, 0.15) is 10.4 Å². The second kappa shape index (κ2) is 7.43. The lowest BCUT2D eigenvalue weighted by Crippen LogP contribution is -2.32. The van der Waals surface area contributed by atoms with Crippen LogP contribution in [0.5, 0.6) is 0 Å². The lowest BCUT2D eigenvalue weighted by molar-refractivity contribution is -0.120. The van der Waals surface area contributed by atoms with Gasteiger partial charge in [0.1, 0.15) is 5.70 Å². The van der Waals surface area contributed by atoms with Gasteiger partial charge in [-0.05, 0) is 54.3 Å². The van der Waals surface area contributed by atoms with Gasteiger partial charge < -0.3 is 5.32 Å². The fourth-order valence-electron chi connectivity index (χ4n) is 3.04. The number of benzene rings is 2. The summed E-state index contributed by atoms with van der Waals surface area (Å²) in [4.78, 5) is 28.3. The Morgan fingerprint density at radius 1 is 0.964 bits per heavy atom. The van der Waals surface area contributed by atoms with Crippen molar-refractivity contribution < 1.29 is 9.59 Å². The van der Waals surface area contributed by atoms with Crippen molar-refractivity contribution >= 4 is 63.3 Å². The van der Waals surface area contributed by atoms with Crippen LogP contribution in [-0.4, -0.2) is 11.8 Å². The Balaban J connectivity index is 1.83. The second-order valence-corrected chi connectivity index (χ2v) is 8.05. The minimum Gasteiger partial charge on any atom is -0.350 e. The Morgan fingerprint density at radius 3 is 2.50 bits per heavy atom. The van der Waals surface area contributed by atoms with E-state index < -0.39 is 11.8 Å². The lowest BCUT2D eigenvalue weighted by Gasteiger charge is -2.17. The number of nitrogens with one attached hydrogen (secondary N) is 1. The van der Waals surface area contributed by atoms with Crippen LogP contribution in [0.3, 0.4) is 0 Å². The van der Waals surface area contributed by atoms with Crippen molar-refractivity contribution in [1.29, 1.82) is 0 Å². The largest absolute Gasteiger partial charge is 0.350 e. The van der Waals surface area contributed by atoms with E-state index in [-0.39, 0.29) is 16.4 Å². The number of hydrogen-bond donors (Lipinski definition) is 1. The number of rotatable bonds is 4. The Bertz CT molecular complexity index is 1120. The molecular formula is C21H14Cl2N2O2S. The molecule has 0 atom stereocenters. The van der Waals surface area contributed by atoms with Crippen LogP contribution in [0.15, 0.2) is 65.7 Å². The van der Waals surface area contributed by atoms with E-state index in [0.29, 0.717) is 15.5 Å². The number of halogens is 2. The molecule has 28 heavy (non-hydrogen) atoms. The molecule has 0 spiro atoms. The minimum atomic E-state index is -0.473. The van der Waals surface area contributed by atoms with Crippen LogP contribution in [0.25, 0.3) is 5.57 Å². The minimum absolute atomic E-state index is 0.217. The molecule has 1 aliphatic rings. The summed E-state index contributed by atoms with van der Waals surface area (Å²) in [5.41, 5.74) is 2.56. The number of nitrogens with zero attached hydrogens (tertiary/aromatic N) is 1. The van der Waals surface area contributed by atoms with Gasteiger partial charge >= 0.3 is 0 Å². The first-order valence-corrected chi connectivity index (χ1v) is 10.0. The molecule has 2 amide bonds. The van der Waals surface area contributed by atoms with E-state index >= 15 is 0 Å². The molecule has 1 aromatic heterocycles. The molecule has 0 saturated carbocycles. The highest BCUT2D eigenvalue weighted by Gasteiger charge is 2.41. The van der Waals surface area contributed by atoms with Crippen LogP contribution >= 0.6 is 34.5 Å². The Morgan fingerprint density at radius 2 is 1.79 bits per heavy atom. The SMILES string of the molecule is Cc1cccc(NC2=C(c3cccs3)C(=O)N(c3cc(Cl)ccc3Cl)C2=O)c1. The van der Waals surface area contributed by atoms with Gasteiger partial charge in [0.2, 0.25) is 0 Å². The molecule has 2 heterocycles. The van der Waals surface area contributed by atoms with E-state index in [2.05, 4.69) is 5.32 Å². The molecule has 7 heteroatoms. The zero-order valence-corrected chi connectivity index (χ0v) is 17.0. The summed E-state index contributed by atoms with van der Waals surface area (Å²) in [6, 6.07) is 15.9. The van der Waals surface area contributed by atoms with Gasteiger partial charge in [-0.1, -0.05) is 41.4 Å². The van der Waals surface area contributed by atoms with Crippen molar-refractivity contribution in [3.05, 3.63) is 86.2 Å². The number of carbonyl (C=O) groups excluding carboxylic acids is 2. The maximum atomic E-state index is 13.3. The number of aryl methyl sites for hydroxylation is 1. The lowest BCUT2D eigenvalue weighted by atomic mass is 10.1. The number of imide groups is 1. The maximum absolute atomic E-state index is 13.3. The smallest absolute Gasteiger partial charge is 0.282 e. The number of thiophene rings is 1. The van der Waals surface area contributed by atoms with Crippen LogP contribution in [0, 0.1) is 6.92 Å². The molecular weight excluding hydrogens is 415 g/mol. The molecule has 1 N–H and O–H groups in total. The van der Waals surface area contributed by atoms with E-state index in [1.54, 1.807) is 12.1 Å². The van der Waals surface area contributed by atoms with E-state index in [0.717, 1.165) is 16.2 Å². The van der Waals surface area contributed by atoms with Gasteiger partial charge in [0.15, 0.2) is 0 Å². The predicted molar refractivity (Wildman–Crippen MR) is 115 cm³/mol. The zero-order valence-electron chi connectivity index (χ0n) is 14.7. The second-order valence-electron chi connectivity index (χ2n) is 6.26. The summed E-state index contributed by atoms with van der Waals surface area (Å²) in [7, 11) is 0. The van der Waals surface area contributed by atoms with Crippen LogP contribution in [0.4, 0.5) is 11.4 Å². The molecule has 1 aliphatic heterocycles. The van der Waals surface area contributed by atoms with E-state index in [9.17, 15) is 9.59 Å². The molecule has 2 aromatic carbocycles. The summed E-state index contributed by atoms with van der Waals surface area (Å²) >= 11 is 13.7. The summed E-state index contributed by atoms with van der Waals surface area (Å²) in [6.45, 7) is 1.96. The highest BCUT2D eigenvalue weighted by atomic mass is 35.5. The number of carbonyl (C=O) groups is 2. The van der Waals surface area contributed by atoms with Crippen molar-refractivity contribution in [2.75, 3.05) is 10.2 Å². The Hall–Kier alpha value is -2.60. The molecule has 4 nitrogen and oxygen atoms in total. The molecule has 0 fully saturated rings. The van der Waals surface area contributed by atoms with Gasteiger partial charge in [-0.3, -0.25) is 9.59 Å². The van der Waals surface area contributed by atoms with Crippen molar-refractivity contribution in [2.45, 2.75) is 6.92 Å². The molecule has 140 valence electrons. The van der Waals surface area contributed by atoms with Gasteiger partial charge in [0.05, 0.1) is 16.3 Å². The molecule has 0 radical (unpaired) electrons. The van der Waals surface area contributed by atoms with Gasteiger partial charge in [-0.25, -0.2) is 4.90 Å². The monoisotopic (exact) mass is 428 g/mol. The molecule has 0 unspecified atom stereocenters. The summed E-state index contributed by atoms with van der Waals surface area (Å²) in [5, 5.41) is 5.65. The average Bonchev–Trinajstić information content (AvgIpc) is 3.25. The number of anilines is 2. The van der Waals surface area contributed by atoms with Crippen LogP contribution in [-0.2, 0) is 9.59 Å². The third-order valence-corrected chi connectivity index (χ3v) is 5.73. The fraction of sp³-hybridized carbons (Fsp3) is 0.0476. The molecule has 4 rings (SSSR count). The summed E-state index contributed by atoms with van der Waals surface area (Å²) < 4.78 is 0. The maximum Gasteiger partial charge on any atom is 0.282 e. The van der Waals surface area contributed by atoms with E-state index in [1.807, 2.05) is 48.7 Å². The van der Waals surface area contributed by atoms with Crippen molar-refractivity contribution in [2.24, 2.45) is 0 Å². The van der Waals surface area contributed by atoms with E-state index in [4.69, 9.17) is 23.2 Å². The third-order valence-electron chi connectivity index (χ3n) is 4.29.